The second-order valence-corrected chi connectivity index (χ2v) is 7.36. The molecule has 0 amide bonds. The van der Waals surface area contributed by atoms with Crippen molar-refractivity contribution in [2.75, 3.05) is 38.7 Å². The van der Waals surface area contributed by atoms with Gasteiger partial charge >= 0.3 is 0 Å². The van der Waals surface area contributed by atoms with E-state index in [1.165, 1.54) is 5.69 Å². The Morgan fingerprint density at radius 1 is 1.31 bits per heavy atom. The van der Waals surface area contributed by atoms with Crippen LogP contribution >= 0.6 is 0 Å². The molecule has 2 aromatic rings. The summed E-state index contributed by atoms with van der Waals surface area (Å²) in [7, 11) is 5.40. The van der Waals surface area contributed by atoms with Crippen LogP contribution in [-0.4, -0.2) is 61.7 Å². The summed E-state index contributed by atoms with van der Waals surface area (Å²) in [4.78, 5) is 6.74. The third-order valence-corrected chi connectivity index (χ3v) is 5.00. The molecule has 0 aliphatic carbocycles. The Hall–Kier alpha value is -2.90. The SMILES string of the molecule is CN=C(NCC(C)Oc1ccc(OC)cc1)NC1CCCN(c2cnn(C)c2)C1. The molecule has 2 N–H and O–H groups in total. The Balaban J connectivity index is 1.45. The first kappa shape index (κ1) is 20.8. The molecule has 2 unspecified atom stereocenters. The van der Waals surface area contributed by atoms with Gasteiger partial charge in [0.15, 0.2) is 5.96 Å². The van der Waals surface area contributed by atoms with Gasteiger partial charge in [-0.2, -0.15) is 5.10 Å². The Morgan fingerprint density at radius 3 is 2.72 bits per heavy atom. The van der Waals surface area contributed by atoms with E-state index in [1.54, 1.807) is 14.2 Å². The molecule has 3 rings (SSSR count). The van der Waals surface area contributed by atoms with E-state index >= 15 is 0 Å². The van der Waals surface area contributed by atoms with Gasteiger partial charge in [0.25, 0.3) is 0 Å². The molecule has 158 valence electrons. The number of nitrogens with zero attached hydrogens (tertiary/aromatic N) is 4. The summed E-state index contributed by atoms with van der Waals surface area (Å²) < 4.78 is 13.0. The van der Waals surface area contributed by atoms with Gasteiger partial charge in [0.05, 0.1) is 25.5 Å². The van der Waals surface area contributed by atoms with E-state index in [0.717, 1.165) is 43.4 Å². The van der Waals surface area contributed by atoms with Crippen LogP contribution in [0.15, 0.2) is 41.7 Å². The zero-order valence-electron chi connectivity index (χ0n) is 17.8. The van der Waals surface area contributed by atoms with Gasteiger partial charge in [0, 0.05) is 39.4 Å². The van der Waals surface area contributed by atoms with Gasteiger partial charge in [-0.3, -0.25) is 9.67 Å². The van der Waals surface area contributed by atoms with E-state index < -0.39 is 0 Å². The highest BCUT2D eigenvalue weighted by Gasteiger charge is 2.22. The molecular weight excluding hydrogens is 368 g/mol. The van der Waals surface area contributed by atoms with Crippen LogP contribution in [-0.2, 0) is 7.05 Å². The minimum atomic E-state index is 0.000178. The van der Waals surface area contributed by atoms with Crippen LogP contribution in [0.5, 0.6) is 11.5 Å². The standard InChI is InChI=1S/C21H32N6O2/c1-16(29-20-9-7-19(28-4)8-10-20)12-23-21(22-2)25-17-6-5-11-27(14-17)18-13-24-26(3)15-18/h7-10,13,15-17H,5-6,11-12,14H2,1-4H3,(H2,22,23,25). The maximum atomic E-state index is 5.96. The van der Waals surface area contributed by atoms with Crippen molar-refractivity contribution in [1.29, 1.82) is 0 Å². The highest BCUT2D eigenvalue weighted by molar-refractivity contribution is 5.80. The fourth-order valence-corrected chi connectivity index (χ4v) is 3.46. The maximum Gasteiger partial charge on any atom is 0.191 e. The first-order chi connectivity index (χ1) is 14.1. The highest BCUT2D eigenvalue weighted by Crippen LogP contribution is 2.19. The summed E-state index contributed by atoms with van der Waals surface area (Å²) >= 11 is 0. The molecule has 0 bridgehead atoms. The number of methoxy groups -OCH3 is 1. The third kappa shape index (κ3) is 6.04. The van der Waals surface area contributed by atoms with Gasteiger partial charge in [-0.25, -0.2) is 0 Å². The first-order valence-corrected chi connectivity index (χ1v) is 10.1. The summed E-state index contributed by atoms with van der Waals surface area (Å²) in [5.41, 5.74) is 1.17. The zero-order chi connectivity index (χ0) is 20.6. The van der Waals surface area contributed by atoms with Crippen molar-refractivity contribution in [3.63, 3.8) is 0 Å². The summed E-state index contributed by atoms with van der Waals surface area (Å²) in [5, 5.41) is 11.2. The number of aliphatic imine (C=N–C) groups is 1. The summed E-state index contributed by atoms with van der Waals surface area (Å²) in [6, 6.07) is 7.96. The molecule has 2 heterocycles. The summed E-state index contributed by atoms with van der Waals surface area (Å²) in [6.45, 7) is 4.69. The van der Waals surface area contributed by atoms with Crippen molar-refractivity contribution in [3.8, 4) is 11.5 Å². The second kappa shape index (κ2) is 10.0. The van der Waals surface area contributed by atoms with Crippen molar-refractivity contribution in [2.24, 2.45) is 12.0 Å². The fraction of sp³-hybridized carbons (Fsp3) is 0.524. The number of ether oxygens (including phenoxy) is 2. The predicted molar refractivity (Wildman–Crippen MR) is 116 cm³/mol. The molecule has 1 aliphatic rings. The molecule has 0 radical (unpaired) electrons. The minimum Gasteiger partial charge on any atom is -0.497 e. The number of hydrogen-bond acceptors (Lipinski definition) is 5. The van der Waals surface area contributed by atoms with E-state index in [-0.39, 0.29) is 6.10 Å². The number of benzene rings is 1. The number of anilines is 1. The molecule has 2 atom stereocenters. The molecule has 1 aromatic carbocycles. The number of aryl methyl sites for hydroxylation is 1. The average molecular weight is 401 g/mol. The second-order valence-electron chi connectivity index (χ2n) is 7.36. The number of piperidine rings is 1. The monoisotopic (exact) mass is 400 g/mol. The quantitative estimate of drug-likeness (QED) is 0.547. The number of nitrogens with one attached hydrogen (secondary N) is 2. The first-order valence-electron chi connectivity index (χ1n) is 10.1. The average Bonchev–Trinajstić information content (AvgIpc) is 3.18. The van der Waals surface area contributed by atoms with Gasteiger partial charge in [0.2, 0.25) is 0 Å². The van der Waals surface area contributed by atoms with Crippen LogP contribution < -0.4 is 25.0 Å². The molecule has 29 heavy (non-hydrogen) atoms. The third-order valence-electron chi connectivity index (χ3n) is 5.00. The molecule has 8 heteroatoms. The molecule has 1 saturated heterocycles. The lowest BCUT2D eigenvalue weighted by atomic mass is 10.1. The van der Waals surface area contributed by atoms with E-state index in [1.807, 2.05) is 49.1 Å². The van der Waals surface area contributed by atoms with Crippen LogP contribution in [0.1, 0.15) is 19.8 Å². The molecule has 1 fully saturated rings. The van der Waals surface area contributed by atoms with Gasteiger partial charge in [-0.15, -0.1) is 0 Å². The lowest BCUT2D eigenvalue weighted by Gasteiger charge is -2.34. The Kier molecular flexibility index (Phi) is 7.21. The Bertz CT molecular complexity index is 789. The van der Waals surface area contributed by atoms with Gasteiger partial charge in [-0.1, -0.05) is 0 Å². The van der Waals surface area contributed by atoms with E-state index in [0.29, 0.717) is 12.6 Å². The highest BCUT2D eigenvalue weighted by atomic mass is 16.5. The molecule has 1 aliphatic heterocycles. The largest absolute Gasteiger partial charge is 0.497 e. The normalized spacial score (nSPS) is 18.3. The molecule has 8 nitrogen and oxygen atoms in total. The Morgan fingerprint density at radius 2 is 2.07 bits per heavy atom. The van der Waals surface area contributed by atoms with Crippen LogP contribution in [0.4, 0.5) is 5.69 Å². The Labute approximate surface area is 172 Å². The van der Waals surface area contributed by atoms with E-state index in [4.69, 9.17) is 9.47 Å². The van der Waals surface area contributed by atoms with Crippen molar-refractivity contribution in [2.45, 2.75) is 31.9 Å². The molecule has 0 saturated carbocycles. The van der Waals surface area contributed by atoms with Gasteiger partial charge in [-0.05, 0) is 44.0 Å². The number of rotatable bonds is 7. The maximum absolute atomic E-state index is 5.96. The van der Waals surface area contributed by atoms with E-state index in [9.17, 15) is 0 Å². The van der Waals surface area contributed by atoms with Crippen molar-refractivity contribution < 1.29 is 9.47 Å². The van der Waals surface area contributed by atoms with Crippen LogP contribution in [0.25, 0.3) is 0 Å². The minimum absolute atomic E-state index is 0.000178. The molecule has 1 aromatic heterocycles. The van der Waals surface area contributed by atoms with Crippen LogP contribution in [0.3, 0.4) is 0 Å². The number of hydrogen-bond donors (Lipinski definition) is 2. The smallest absolute Gasteiger partial charge is 0.191 e. The summed E-state index contributed by atoms with van der Waals surface area (Å²) in [5.74, 6) is 2.44. The lowest BCUT2D eigenvalue weighted by Crippen LogP contribution is -2.52. The van der Waals surface area contributed by atoms with Crippen molar-refractivity contribution >= 4 is 11.6 Å². The van der Waals surface area contributed by atoms with Crippen LogP contribution in [0, 0.1) is 0 Å². The number of guanidine groups is 1. The van der Waals surface area contributed by atoms with Crippen LogP contribution in [0.2, 0.25) is 0 Å². The lowest BCUT2D eigenvalue weighted by molar-refractivity contribution is 0.223. The predicted octanol–water partition coefficient (Wildman–Crippen LogP) is 2.03. The van der Waals surface area contributed by atoms with Crippen molar-refractivity contribution in [1.82, 2.24) is 20.4 Å². The van der Waals surface area contributed by atoms with Gasteiger partial charge in [0.1, 0.15) is 17.6 Å². The molecule has 0 spiro atoms. The number of aromatic nitrogens is 2. The van der Waals surface area contributed by atoms with E-state index in [2.05, 4.69) is 31.8 Å². The van der Waals surface area contributed by atoms with Gasteiger partial charge < -0.3 is 25.0 Å². The topological polar surface area (TPSA) is 75.9 Å². The fourth-order valence-electron chi connectivity index (χ4n) is 3.46. The summed E-state index contributed by atoms with van der Waals surface area (Å²) in [6.07, 6.45) is 6.25. The van der Waals surface area contributed by atoms with Crippen molar-refractivity contribution in [3.05, 3.63) is 36.7 Å². The zero-order valence-corrected chi connectivity index (χ0v) is 17.8. The molecular formula is C21H32N6O2.